The second kappa shape index (κ2) is 11.7. The van der Waals surface area contributed by atoms with Gasteiger partial charge in [0.05, 0.1) is 25.5 Å². The Morgan fingerprint density at radius 2 is 1.65 bits per heavy atom. The van der Waals surface area contributed by atoms with E-state index in [0.717, 1.165) is 24.0 Å². The number of hydrogen-bond donors (Lipinski definition) is 1. The van der Waals surface area contributed by atoms with Crippen LogP contribution >= 0.6 is 0 Å². The van der Waals surface area contributed by atoms with Crippen LogP contribution in [0.15, 0.2) is 42.1 Å². The van der Waals surface area contributed by atoms with Crippen molar-refractivity contribution in [3.8, 4) is 11.5 Å². The van der Waals surface area contributed by atoms with Crippen molar-refractivity contribution in [1.82, 2.24) is 4.90 Å². The molecule has 7 nitrogen and oxygen atoms in total. The lowest BCUT2D eigenvalue weighted by Gasteiger charge is -2.16. The molecule has 2 aromatic rings. The molecule has 2 aromatic carbocycles. The molecule has 0 fully saturated rings. The fraction of sp³-hybridized carbons (Fsp3) is 0.407. The molecule has 34 heavy (non-hydrogen) atoms. The van der Waals surface area contributed by atoms with Gasteiger partial charge in [0.2, 0.25) is 0 Å². The first-order chi connectivity index (χ1) is 16.4. The standard InChI is InChI=1S/C27H34N2O5/c1-6-7-14-34-15-8-13-29-26(30)24(20-10-9-18(2)19(3)16-20)25(27(29)31)28-22-17-21(32-4)11-12-23(22)33-5/h9-12,16-17,28H,6-8,13-15H2,1-5H3. The van der Waals surface area contributed by atoms with Crippen molar-refractivity contribution in [2.75, 3.05) is 39.3 Å². The molecule has 7 heteroatoms. The van der Waals surface area contributed by atoms with E-state index >= 15 is 0 Å². The predicted molar refractivity (Wildman–Crippen MR) is 133 cm³/mol. The maximum Gasteiger partial charge on any atom is 0.278 e. The van der Waals surface area contributed by atoms with Crippen LogP contribution in [0.2, 0.25) is 0 Å². The number of ether oxygens (including phenoxy) is 3. The number of aryl methyl sites for hydroxylation is 2. The van der Waals surface area contributed by atoms with Crippen LogP contribution in [0.5, 0.6) is 11.5 Å². The van der Waals surface area contributed by atoms with Gasteiger partial charge in [0, 0.05) is 25.8 Å². The van der Waals surface area contributed by atoms with Crippen LogP contribution < -0.4 is 14.8 Å². The molecule has 0 aromatic heterocycles. The zero-order valence-electron chi connectivity index (χ0n) is 20.7. The lowest BCUT2D eigenvalue weighted by molar-refractivity contribution is -0.137. The molecule has 1 aliphatic rings. The number of unbranched alkanes of at least 4 members (excludes halogenated alkanes) is 1. The van der Waals surface area contributed by atoms with Crippen LogP contribution in [0.3, 0.4) is 0 Å². The number of carbonyl (C=O) groups excluding carboxylic acids is 2. The van der Waals surface area contributed by atoms with E-state index in [-0.39, 0.29) is 17.5 Å². The Labute approximate surface area is 201 Å². The van der Waals surface area contributed by atoms with E-state index in [1.165, 1.54) is 4.90 Å². The van der Waals surface area contributed by atoms with Gasteiger partial charge < -0.3 is 19.5 Å². The van der Waals surface area contributed by atoms with Crippen molar-refractivity contribution in [1.29, 1.82) is 0 Å². The largest absolute Gasteiger partial charge is 0.497 e. The summed E-state index contributed by atoms with van der Waals surface area (Å²) in [6, 6.07) is 11.1. The van der Waals surface area contributed by atoms with Crippen LogP contribution in [-0.4, -0.2) is 50.7 Å². The van der Waals surface area contributed by atoms with Crippen molar-refractivity contribution in [3.63, 3.8) is 0 Å². The quantitative estimate of drug-likeness (QED) is 0.360. The summed E-state index contributed by atoms with van der Waals surface area (Å²) >= 11 is 0. The number of nitrogens with zero attached hydrogens (tertiary/aromatic N) is 1. The van der Waals surface area contributed by atoms with Gasteiger partial charge >= 0.3 is 0 Å². The van der Waals surface area contributed by atoms with E-state index in [1.54, 1.807) is 32.4 Å². The molecular formula is C27H34N2O5. The van der Waals surface area contributed by atoms with Gasteiger partial charge in [0.25, 0.3) is 11.8 Å². The summed E-state index contributed by atoms with van der Waals surface area (Å²) in [7, 11) is 3.12. The first kappa shape index (κ1) is 25.3. The second-order valence-electron chi connectivity index (χ2n) is 8.32. The lowest BCUT2D eigenvalue weighted by atomic mass is 9.99. The minimum absolute atomic E-state index is 0.228. The fourth-order valence-electron chi connectivity index (χ4n) is 3.78. The van der Waals surface area contributed by atoms with Gasteiger partial charge in [0.15, 0.2) is 0 Å². The maximum atomic E-state index is 13.5. The fourth-order valence-corrected chi connectivity index (χ4v) is 3.78. The van der Waals surface area contributed by atoms with Crippen molar-refractivity contribution in [3.05, 3.63) is 58.8 Å². The van der Waals surface area contributed by atoms with Crippen molar-refractivity contribution < 1.29 is 23.8 Å². The van der Waals surface area contributed by atoms with E-state index in [0.29, 0.717) is 54.5 Å². The van der Waals surface area contributed by atoms with Crippen LogP contribution in [0.4, 0.5) is 5.69 Å². The third kappa shape index (κ3) is 5.59. The molecule has 182 valence electrons. The van der Waals surface area contributed by atoms with E-state index in [1.807, 2.05) is 32.0 Å². The summed E-state index contributed by atoms with van der Waals surface area (Å²) in [5, 5.41) is 3.18. The third-order valence-electron chi connectivity index (χ3n) is 5.94. The Hall–Kier alpha value is -3.32. The average Bonchev–Trinajstić information content (AvgIpc) is 3.07. The van der Waals surface area contributed by atoms with Gasteiger partial charge in [-0.25, -0.2) is 0 Å². The Balaban J connectivity index is 1.94. The Kier molecular flexibility index (Phi) is 8.71. The van der Waals surface area contributed by atoms with Gasteiger partial charge in [-0.3, -0.25) is 14.5 Å². The van der Waals surface area contributed by atoms with Gasteiger partial charge in [0.1, 0.15) is 17.2 Å². The number of anilines is 1. The summed E-state index contributed by atoms with van der Waals surface area (Å²) in [6.45, 7) is 7.59. The molecule has 0 radical (unpaired) electrons. The maximum absolute atomic E-state index is 13.5. The van der Waals surface area contributed by atoms with Gasteiger partial charge in [-0.05, 0) is 55.5 Å². The average molecular weight is 467 g/mol. The number of rotatable bonds is 12. The summed E-state index contributed by atoms with van der Waals surface area (Å²) in [5.41, 5.74) is 3.99. The monoisotopic (exact) mass is 466 g/mol. The molecule has 0 saturated heterocycles. The van der Waals surface area contributed by atoms with Crippen LogP contribution in [0.1, 0.15) is 42.9 Å². The van der Waals surface area contributed by atoms with E-state index < -0.39 is 0 Å². The highest BCUT2D eigenvalue weighted by Gasteiger charge is 2.39. The molecule has 1 aliphatic heterocycles. The Morgan fingerprint density at radius 3 is 2.32 bits per heavy atom. The topological polar surface area (TPSA) is 77.1 Å². The highest BCUT2D eigenvalue weighted by atomic mass is 16.5. The molecular weight excluding hydrogens is 432 g/mol. The summed E-state index contributed by atoms with van der Waals surface area (Å²) in [5.74, 6) is 0.466. The highest BCUT2D eigenvalue weighted by Crippen LogP contribution is 2.35. The van der Waals surface area contributed by atoms with Gasteiger partial charge in [-0.15, -0.1) is 0 Å². The predicted octanol–water partition coefficient (Wildman–Crippen LogP) is 4.72. The molecule has 2 amide bonds. The summed E-state index contributed by atoms with van der Waals surface area (Å²) < 4.78 is 16.4. The van der Waals surface area contributed by atoms with E-state index in [9.17, 15) is 9.59 Å². The number of carbonyl (C=O) groups is 2. The molecule has 3 rings (SSSR count). The first-order valence-corrected chi connectivity index (χ1v) is 11.7. The van der Waals surface area contributed by atoms with E-state index in [4.69, 9.17) is 14.2 Å². The number of nitrogens with one attached hydrogen (secondary N) is 1. The SMILES string of the molecule is CCCCOCCCN1C(=O)C(Nc2cc(OC)ccc2OC)=C(c2ccc(C)c(C)c2)C1=O. The van der Waals surface area contributed by atoms with Crippen molar-refractivity contribution in [2.24, 2.45) is 0 Å². The molecule has 0 aliphatic carbocycles. The molecule has 0 bridgehead atoms. The van der Waals surface area contributed by atoms with Gasteiger partial charge in [-0.2, -0.15) is 0 Å². The number of benzene rings is 2. The molecule has 0 saturated carbocycles. The van der Waals surface area contributed by atoms with Crippen molar-refractivity contribution >= 4 is 23.1 Å². The minimum atomic E-state index is -0.364. The van der Waals surface area contributed by atoms with Crippen LogP contribution in [0.25, 0.3) is 5.57 Å². The second-order valence-corrected chi connectivity index (χ2v) is 8.32. The Morgan fingerprint density at radius 1 is 0.882 bits per heavy atom. The third-order valence-corrected chi connectivity index (χ3v) is 5.94. The number of hydrogen-bond acceptors (Lipinski definition) is 6. The molecule has 0 unspecified atom stereocenters. The number of methoxy groups -OCH3 is 2. The zero-order valence-corrected chi connectivity index (χ0v) is 20.7. The first-order valence-electron chi connectivity index (χ1n) is 11.7. The summed E-state index contributed by atoms with van der Waals surface area (Å²) in [6.07, 6.45) is 2.64. The normalized spacial score (nSPS) is 13.6. The molecule has 0 spiro atoms. The van der Waals surface area contributed by atoms with Gasteiger partial charge in [-0.1, -0.05) is 31.5 Å². The Bertz CT molecular complexity index is 1080. The molecule has 1 N–H and O–H groups in total. The number of imide groups is 1. The van der Waals surface area contributed by atoms with Crippen LogP contribution in [0, 0.1) is 13.8 Å². The molecule has 0 atom stereocenters. The lowest BCUT2D eigenvalue weighted by Crippen LogP contribution is -2.34. The highest BCUT2D eigenvalue weighted by molar-refractivity contribution is 6.36. The number of amides is 2. The zero-order chi connectivity index (χ0) is 24.7. The minimum Gasteiger partial charge on any atom is -0.497 e. The van der Waals surface area contributed by atoms with E-state index in [2.05, 4.69) is 12.2 Å². The van der Waals surface area contributed by atoms with Crippen LogP contribution in [-0.2, 0) is 14.3 Å². The molecule has 1 heterocycles. The smallest absolute Gasteiger partial charge is 0.278 e. The summed E-state index contributed by atoms with van der Waals surface area (Å²) in [4.78, 5) is 28.2. The van der Waals surface area contributed by atoms with Crippen molar-refractivity contribution in [2.45, 2.75) is 40.0 Å².